The monoisotopic (exact) mass is 596 g/mol. The van der Waals surface area contributed by atoms with E-state index in [1.54, 1.807) is 12.1 Å². The van der Waals surface area contributed by atoms with Crippen molar-refractivity contribution in [3.05, 3.63) is 98.1 Å². The Morgan fingerprint density at radius 3 is 2.14 bits per heavy atom. The predicted octanol–water partition coefficient (Wildman–Crippen LogP) is 7.04. The number of non-ortho nitro benzene ring substituents is 1. The van der Waals surface area contributed by atoms with Gasteiger partial charge in [0.2, 0.25) is 0 Å². The maximum absolute atomic E-state index is 14.6. The number of piperazine rings is 1. The van der Waals surface area contributed by atoms with Gasteiger partial charge in [-0.05, 0) is 64.7 Å². The lowest BCUT2D eigenvalue weighted by molar-refractivity contribution is -0.384. The first-order valence-corrected chi connectivity index (χ1v) is 16.4. The van der Waals surface area contributed by atoms with Gasteiger partial charge in [-0.15, -0.1) is 0 Å². The summed E-state index contributed by atoms with van der Waals surface area (Å²) in [5.74, 6) is -0.478. The molecule has 1 atom stereocenters. The summed E-state index contributed by atoms with van der Waals surface area (Å²) < 4.78 is 26.8. The van der Waals surface area contributed by atoms with Crippen LogP contribution in [0.2, 0.25) is 0 Å². The molecule has 1 fully saturated rings. The number of nitrogens with zero attached hydrogens (tertiary/aromatic N) is 3. The quantitative estimate of drug-likeness (QED) is 0.158. The first kappa shape index (κ1) is 32.1. The largest absolute Gasteiger partial charge is 0.362 e. The molecule has 228 valence electrons. The van der Waals surface area contributed by atoms with Crippen LogP contribution in [0.5, 0.6) is 0 Å². The summed E-state index contributed by atoms with van der Waals surface area (Å²) in [6.07, 6.45) is 0.0249. The summed E-state index contributed by atoms with van der Waals surface area (Å²) in [4.78, 5) is 16.3. The van der Waals surface area contributed by atoms with Crippen molar-refractivity contribution >= 4 is 13.3 Å². The Balaban J connectivity index is 1.61. The normalized spacial score (nSPS) is 19.1. The molecule has 4 rings (SSSR count). The number of nitro benzene ring substituents is 1. The van der Waals surface area contributed by atoms with Crippen molar-refractivity contribution in [2.75, 3.05) is 32.7 Å². The average molecular weight is 597 g/mol. The van der Waals surface area contributed by atoms with Crippen LogP contribution in [-0.4, -0.2) is 59.7 Å². The zero-order chi connectivity index (χ0) is 30.4. The topological polar surface area (TPSA) is 97.2 Å². The lowest BCUT2D eigenvalue weighted by Crippen LogP contribution is -2.46. The summed E-state index contributed by atoms with van der Waals surface area (Å²) in [5, 5.41) is 15.7. The summed E-state index contributed by atoms with van der Waals surface area (Å²) in [5.41, 5.74) is 4.75. The lowest BCUT2D eigenvalue weighted by Gasteiger charge is -2.38. The average Bonchev–Trinajstić information content (AvgIpc) is 2.92. The van der Waals surface area contributed by atoms with Crippen molar-refractivity contribution in [2.45, 2.75) is 72.6 Å². The molecule has 42 heavy (non-hydrogen) atoms. The van der Waals surface area contributed by atoms with Crippen LogP contribution in [0.3, 0.4) is 0 Å². The molecular formula is C32H45N4O5P. The highest BCUT2D eigenvalue weighted by Crippen LogP contribution is 2.65. The van der Waals surface area contributed by atoms with Crippen molar-refractivity contribution in [2.24, 2.45) is 0 Å². The van der Waals surface area contributed by atoms with Crippen LogP contribution in [-0.2, 0) is 20.2 Å². The molecule has 0 radical (unpaired) electrons. The molecule has 2 heterocycles. The number of dihydropyridines is 1. The molecule has 2 aliphatic heterocycles. The third kappa shape index (κ3) is 7.97. The molecule has 2 aliphatic rings. The molecule has 0 aromatic heterocycles. The molecule has 0 aliphatic carbocycles. The van der Waals surface area contributed by atoms with Crippen LogP contribution >= 0.6 is 7.60 Å². The molecule has 9 nitrogen and oxygen atoms in total. The van der Waals surface area contributed by atoms with Gasteiger partial charge in [0.15, 0.2) is 0 Å². The van der Waals surface area contributed by atoms with Gasteiger partial charge < -0.3 is 19.3 Å². The maximum Gasteiger partial charge on any atom is 0.360 e. The summed E-state index contributed by atoms with van der Waals surface area (Å²) in [6, 6.07) is 17.2. The second-order valence-corrected chi connectivity index (χ2v) is 13.6. The zero-order valence-electron chi connectivity index (χ0n) is 25.7. The first-order valence-electron chi connectivity index (χ1n) is 14.8. The molecule has 0 bridgehead atoms. The lowest BCUT2D eigenvalue weighted by atomic mass is 9.84. The van der Waals surface area contributed by atoms with E-state index in [1.165, 1.54) is 11.6 Å². The van der Waals surface area contributed by atoms with Crippen molar-refractivity contribution in [3.8, 4) is 0 Å². The minimum absolute atomic E-state index is 0.000958. The molecule has 2 aromatic rings. The van der Waals surface area contributed by atoms with Gasteiger partial charge >= 0.3 is 7.60 Å². The van der Waals surface area contributed by atoms with Crippen molar-refractivity contribution < 1.29 is 18.5 Å². The fraction of sp³-hybridized carbons (Fsp3) is 0.500. The third-order valence-corrected chi connectivity index (χ3v) is 10.3. The van der Waals surface area contributed by atoms with E-state index in [0.717, 1.165) is 50.5 Å². The van der Waals surface area contributed by atoms with E-state index in [2.05, 4.69) is 39.4 Å². The number of hydrogen-bond donors (Lipinski definition) is 1. The second kappa shape index (κ2) is 14.1. The highest BCUT2D eigenvalue weighted by Gasteiger charge is 2.44. The van der Waals surface area contributed by atoms with E-state index < -0.39 is 13.5 Å². The van der Waals surface area contributed by atoms with E-state index in [4.69, 9.17) is 9.05 Å². The second-order valence-electron chi connectivity index (χ2n) is 11.7. The van der Waals surface area contributed by atoms with Crippen LogP contribution in [0.15, 0.2) is 76.9 Å². The van der Waals surface area contributed by atoms with E-state index in [0.29, 0.717) is 23.0 Å². The van der Waals surface area contributed by atoms with E-state index in [9.17, 15) is 14.7 Å². The highest BCUT2D eigenvalue weighted by atomic mass is 31.2. The number of hydrogen-bond acceptors (Lipinski definition) is 8. The van der Waals surface area contributed by atoms with Gasteiger partial charge in [-0.2, -0.15) is 0 Å². The van der Waals surface area contributed by atoms with Crippen molar-refractivity contribution in [1.29, 1.82) is 0 Å². The molecule has 1 N–H and O–H groups in total. The first-order chi connectivity index (χ1) is 20.0. The van der Waals surface area contributed by atoms with Gasteiger partial charge in [0.25, 0.3) is 5.69 Å². The van der Waals surface area contributed by atoms with Gasteiger partial charge in [-0.1, -0.05) is 42.5 Å². The number of nitro groups is 1. The molecular weight excluding hydrogens is 551 g/mol. The van der Waals surface area contributed by atoms with Crippen LogP contribution in [0.4, 0.5) is 5.69 Å². The van der Waals surface area contributed by atoms with E-state index >= 15 is 0 Å². The smallest absolute Gasteiger partial charge is 0.360 e. The molecule has 0 spiro atoms. The Kier molecular flexibility index (Phi) is 10.8. The standard InChI is InChI=1S/C32H45N4O5P/c1-23(2)40-42(39,41-24(3)4)32-26(6)33-25(5)30(31(32)28-13-10-14-29(21-28)36(37)38)15-16-34-17-19-35(20-18-34)22-27-11-8-7-9-12-27/h7-14,21,23-24,31,33H,15-20,22H2,1-6H3. The number of allylic oxidation sites excluding steroid dienone is 3. The fourth-order valence-corrected chi connectivity index (χ4v) is 8.36. The SMILES string of the molecule is CC1=C(CCN2CCN(Cc3ccccc3)CC2)C(c2cccc([N+](=O)[O-])c2)C(P(=O)(OC(C)C)OC(C)C)=C(C)N1. The van der Waals surface area contributed by atoms with Crippen molar-refractivity contribution in [3.63, 3.8) is 0 Å². The maximum atomic E-state index is 14.6. The number of nitrogens with one attached hydrogen (secondary N) is 1. The Bertz CT molecular complexity index is 1340. The molecule has 10 heteroatoms. The summed E-state index contributed by atoms with van der Waals surface area (Å²) in [6.45, 7) is 16.9. The zero-order valence-corrected chi connectivity index (χ0v) is 26.6. The van der Waals surface area contributed by atoms with Gasteiger partial charge in [0.05, 0.1) is 22.4 Å². The third-order valence-electron chi connectivity index (χ3n) is 7.68. The van der Waals surface area contributed by atoms with Crippen molar-refractivity contribution in [1.82, 2.24) is 15.1 Å². The van der Waals surface area contributed by atoms with Gasteiger partial charge in [-0.3, -0.25) is 19.6 Å². The van der Waals surface area contributed by atoms with Crippen LogP contribution in [0, 0.1) is 10.1 Å². The minimum atomic E-state index is -3.79. The molecule has 1 unspecified atom stereocenters. The number of benzene rings is 2. The Morgan fingerprint density at radius 2 is 1.55 bits per heavy atom. The molecule has 1 saturated heterocycles. The van der Waals surface area contributed by atoms with Crippen LogP contribution < -0.4 is 5.32 Å². The Labute approximate surface area is 250 Å². The fourth-order valence-electron chi connectivity index (χ4n) is 5.88. The Morgan fingerprint density at radius 1 is 0.929 bits per heavy atom. The van der Waals surface area contributed by atoms with E-state index in [1.807, 2.05) is 53.7 Å². The predicted molar refractivity (Wildman–Crippen MR) is 167 cm³/mol. The van der Waals surface area contributed by atoms with Gasteiger partial charge in [0.1, 0.15) is 0 Å². The number of rotatable bonds is 12. The van der Waals surface area contributed by atoms with Crippen LogP contribution in [0.25, 0.3) is 0 Å². The summed E-state index contributed by atoms with van der Waals surface area (Å²) >= 11 is 0. The highest BCUT2D eigenvalue weighted by molar-refractivity contribution is 7.58. The van der Waals surface area contributed by atoms with Gasteiger partial charge in [0, 0.05) is 68.7 Å². The molecule has 0 amide bonds. The Hall–Kier alpha value is -2.81. The van der Waals surface area contributed by atoms with Gasteiger partial charge in [-0.25, -0.2) is 0 Å². The molecule has 0 saturated carbocycles. The van der Waals surface area contributed by atoms with Crippen LogP contribution in [0.1, 0.15) is 65.0 Å². The van der Waals surface area contributed by atoms with E-state index in [-0.39, 0.29) is 22.8 Å². The summed E-state index contributed by atoms with van der Waals surface area (Å²) in [7, 11) is -3.79. The molecule has 2 aromatic carbocycles. The minimum Gasteiger partial charge on any atom is -0.362 e.